The summed E-state index contributed by atoms with van der Waals surface area (Å²) in [6.45, 7) is 4.24. The number of nitrogens with one attached hydrogen (secondary N) is 1. The summed E-state index contributed by atoms with van der Waals surface area (Å²) < 4.78 is 26.1. The number of rotatable bonds is 8. The molecule has 1 heterocycles. The molecule has 1 aliphatic rings. The molecule has 0 radical (unpaired) electrons. The van der Waals surface area contributed by atoms with Gasteiger partial charge in [-0.05, 0) is 61.2 Å². The van der Waals surface area contributed by atoms with Crippen LogP contribution in [-0.2, 0) is 4.79 Å². The highest BCUT2D eigenvalue weighted by molar-refractivity contribution is 5.96. The number of Topliss-reactive ketones (excluding diaryl/α,β-unsaturated/α-hetero) is 1. The van der Waals surface area contributed by atoms with Crippen LogP contribution >= 0.6 is 0 Å². The molecule has 0 bridgehead atoms. The third-order valence-electron chi connectivity index (χ3n) is 5.75. The Balaban J connectivity index is 1.43. The Morgan fingerprint density at radius 2 is 1.57 bits per heavy atom. The summed E-state index contributed by atoms with van der Waals surface area (Å²) in [4.78, 5) is 27.2. The van der Waals surface area contributed by atoms with Crippen LogP contribution < -0.4 is 5.32 Å². The van der Waals surface area contributed by atoms with Gasteiger partial charge in [0, 0.05) is 37.7 Å². The molecule has 30 heavy (non-hydrogen) atoms. The summed E-state index contributed by atoms with van der Waals surface area (Å²) in [6, 6.07) is 11.9. The van der Waals surface area contributed by atoms with Crippen LogP contribution in [0.1, 0.15) is 54.4 Å². The highest BCUT2D eigenvalue weighted by Gasteiger charge is 2.25. The van der Waals surface area contributed by atoms with Gasteiger partial charge in [-0.25, -0.2) is 8.78 Å². The third-order valence-corrected chi connectivity index (χ3v) is 5.75. The maximum absolute atomic E-state index is 13.1. The summed E-state index contributed by atoms with van der Waals surface area (Å²) in [5.41, 5.74) is 1.36. The van der Waals surface area contributed by atoms with Crippen molar-refractivity contribution in [3.63, 3.8) is 0 Å². The number of likely N-dealkylation sites (tertiary alicyclic amines) is 1. The minimum atomic E-state index is -0.347. The second-order valence-corrected chi connectivity index (χ2v) is 7.82. The van der Waals surface area contributed by atoms with Gasteiger partial charge in [0.2, 0.25) is 5.91 Å². The first-order chi connectivity index (χ1) is 14.5. The van der Waals surface area contributed by atoms with E-state index in [1.807, 2.05) is 6.92 Å². The molecule has 1 fully saturated rings. The lowest BCUT2D eigenvalue weighted by Crippen LogP contribution is -2.46. The Bertz CT molecular complexity index is 845. The lowest BCUT2D eigenvalue weighted by Gasteiger charge is -2.33. The van der Waals surface area contributed by atoms with Crippen molar-refractivity contribution in [3.05, 3.63) is 71.3 Å². The lowest BCUT2D eigenvalue weighted by molar-refractivity contribution is -0.123. The molecule has 0 aromatic heterocycles. The van der Waals surface area contributed by atoms with E-state index in [-0.39, 0.29) is 35.3 Å². The molecule has 0 saturated carbocycles. The monoisotopic (exact) mass is 414 g/mol. The van der Waals surface area contributed by atoms with E-state index >= 15 is 0 Å². The Morgan fingerprint density at radius 1 is 1.00 bits per heavy atom. The number of halogens is 2. The first-order valence-electron chi connectivity index (χ1n) is 10.5. The SMILES string of the molecule is CCC(C(=O)NC1CCN(CCC(=O)c2ccc(F)cc2)CC1)c1ccc(F)cc1. The molecule has 2 aromatic rings. The maximum Gasteiger partial charge on any atom is 0.227 e. The van der Waals surface area contributed by atoms with Gasteiger partial charge < -0.3 is 10.2 Å². The minimum Gasteiger partial charge on any atom is -0.353 e. The number of nitrogens with zero attached hydrogens (tertiary/aromatic N) is 1. The lowest BCUT2D eigenvalue weighted by atomic mass is 9.94. The molecular formula is C24H28F2N2O2. The van der Waals surface area contributed by atoms with Gasteiger partial charge in [-0.1, -0.05) is 19.1 Å². The molecule has 2 aromatic carbocycles. The standard InChI is InChI=1S/C24H28F2N2O2/c1-2-22(17-3-7-19(25)8-4-17)24(30)27-21-11-14-28(15-12-21)16-13-23(29)18-5-9-20(26)10-6-18/h3-10,21-22H,2,11-16H2,1H3,(H,27,30). The van der Waals surface area contributed by atoms with Gasteiger partial charge in [-0.2, -0.15) is 0 Å². The molecule has 6 heteroatoms. The topological polar surface area (TPSA) is 49.4 Å². The van der Waals surface area contributed by atoms with Crippen LogP contribution in [0.4, 0.5) is 8.78 Å². The van der Waals surface area contributed by atoms with Gasteiger partial charge in [-0.3, -0.25) is 9.59 Å². The maximum atomic E-state index is 13.1. The fourth-order valence-electron chi connectivity index (χ4n) is 3.91. The van der Waals surface area contributed by atoms with Crippen molar-refractivity contribution in [3.8, 4) is 0 Å². The van der Waals surface area contributed by atoms with Crippen LogP contribution in [0, 0.1) is 11.6 Å². The quantitative estimate of drug-likeness (QED) is 0.655. The van der Waals surface area contributed by atoms with E-state index in [4.69, 9.17) is 0 Å². The number of benzene rings is 2. The summed E-state index contributed by atoms with van der Waals surface area (Å²) >= 11 is 0. The van der Waals surface area contributed by atoms with Crippen molar-refractivity contribution in [2.75, 3.05) is 19.6 Å². The average molecular weight is 414 g/mol. The number of carbonyl (C=O) groups excluding carboxylic acids is 2. The van der Waals surface area contributed by atoms with E-state index in [0.717, 1.165) is 31.5 Å². The van der Waals surface area contributed by atoms with Gasteiger partial charge in [-0.15, -0.1) is 0 Å². The molecular weight excluding hydrogens is 386 g/mol. The van der Waals surface area contributed by atoms with Gasteiger partial charge in [0.05, 0.1) is 5.92 Å². The van der Waals surface area contributed by atoms with Crippen LogP contribution in [0.5, 0.6) is 0 Å². The summed E-state index contributed by atoms with van der Waals surface area (Å²) in [7, 11) is 0. The molecule has 1 saturated heterocycles. The Labute approximate surface area is 176 Å². The predicted molar refractivity (Wildman–Crippen MR) is 112 cm³/mol. The van der Waals surface area contributed by atoms with Crippen LogP contribution in [0.15, 0.2) is 48.5 Å². The zero-order valence-electron chi connectivity index (χ0n) is 17.2. The zero-order valence-corrected chi connectivity index (χ0v) is 17.2. The average Bonchev–Trinajstić information content (AvgIpc) is 2.75. The number of ketones is 1. The number of amides is 1. The Morgan fingerprint density at radius 3 is 2.13 bits per heavy atom. The first kappa shape index (κ1) is 22.1. The molecule has 3 rings (SSSR count). The van der Waals surface area contributed by atoms with Crippen molar-refractivity contribution in [2.45, 2.75) is 44.6 Å². The second-order valence-electron chi connectivity index (χ2n) is 7.82. The number of hydrogen-bond donors (Lipinski definition) is 1. The normalized spacial score (nSPS) is 16.2. The first-order valence-corrected chi connectivity index (χ1v) is 10.5. The molecule has 1 unspecified atom stereocenters. The van der Waals surface area contributed by atoms with Crippen molar-refractivity contribution in [1.82, 2.24) is 10.2 Å². The van der Waals surface area contributed by atoms with Crippen LogP contribution in [-0.4, -0.2) is 42.3 Å². The van der Waals surface area contributed by atoms with E-state index in [9.17, 15) is 18.4 Å². The predicted octanol–water partition coefficient (Wildman–Crippen LogP) is 4.31. The Hall–Kier alpha value is -2.60. The number of hydrogen-bond acceptors (Lipinski definition) is 3. The molecule has 1 atom stereocenters. The van der Waals surface area contributed by atoms with Crippen molar-refractivity contribution >= 4 is 11.7 Å². The fourth-order valence-corrected chi connectivity index (χ4v) is 3.91. The third kappa shape index (κ3) is 5.95. The summed E-state index contributed by atoms with van der Waals surface area (Å²) in [6.07, 6.45) is 2.71. The molecule has 0 aliphatic carbocycles. The van der Waals surface area contributed by atoms with Crippen molar-refractivity contribution in [1.29, 1.82) is 0 Å². The fraction of sp³-hybridized carbons (Fsp3) is 0.417. The van der Waals surface area contributed by atoms with Gasteiger partial charge in [0.15, 0.2) is 5.78 Å². The van der Waals surface area contributed by atoms with Crippen molar-refractivity contribution in [2.24, 2.45) is 0 Å². The van der Waals surface area contributed by atoms with E-state index in [0.29, 0.717) is 24.9 Å². The van der Waals surface area contributed by atoms with E-state index in [1.54, 1.807) is 12.1 Å². The molecule has 160 valence electrons. The van der Waals surface area contributed by atoms with E-state index < -0.39 is 0 Å². The zero-order chi connectivity index (χ0) is 21.5. The van der Waals surface area contributed by atoms with E-state index in [2.05, 4.69) is 10.2 Å². The number of carbonyl (C=O) groups is 2. The summed E-state index contributed by atoms with van der Waals surface area (Å²) in [5.74, 6) is -0.943. The molecule has 1 aliphatic heterocycles. The van der Waals surface area contributed by atoms with Crippen molar-refractivity contribution < 1.29 is 18.4 Å². The van der Waals surface area contributed by atoms with Gasteiger partial charge in [0.25, 0.3) is 0 Å². The highest BCUT2D eigenvalue weighted by Crippen LogP contribution is 2.21. The molecule has 0 spiro atoms. The molecule has 1 N–H and O–H groups in total. The second kappa shape index (κ2) is 10.4. The summed E-state index contributed by atoms with van der Waals surface area (Å²) in [5, 5.41) is 3.14. The van der Waals surface area contributed by atoms with Gasteiger partial charge >= 0.3 is 0 Å². The largest absolute Gasteiger partial charge is 0.353 e. The number of piperidine rings is 1. The smallest absolute Gasteiger partial charge is 0.227 e. The highest BCUT2D eigenvalue weighted by atomic mass is 19.1. The van der Waals surface area contributed by atoms with Crippen LogP contribution in [0.25, 0.3) is 0 Å². The van der Waals surface area contributed by atoms with E-state index in [1.165, 1.54) is 36.4 Å². The van der Waals surface area contributed by atoms with Crippen LogP contribution in [0.3, 0.4) is 0 Å². The van der Waals surface area contributed by atoms with Crippen LogP contribution in [0.2, 0.25) is 0 Å². The Kier molecular flexibility index (Phi) is 7.69. The molecule has 4 nitrogen and oxygen atoms in total. The van der Waals surface area contributed by atoms with Gasteiger partial charge in [0.1, 0.15) is 11.6 Å². The molecule has 1 amide bonds. The minimum absolute atomic E-state index is 0.00973.